The monoisotopic (exact) mass is 303 g/mol. The van der Waals surface area contributed by atoms with E-state index in [2.05, 4.69) is 45.6 Å². The van der Waals surface area contributed by atoms with Gasteiger partial charge in [-0.25, -0.2) is 4.98 Å². The first-order chi connectivity index (χ1) is 8.38. The molecule has 0 aliphatic carbocycles. The van der Waals surface area contributed by atoms with Crippen molar-refractivity contribution >= 4 is 37.5 Å². The molecule has 2 aromatic heterocycles. The van der Waals surface area contributed by atoms with Crippen molar-refractivity contribution in [3.63, 3.8) is 0 Å². The van der Waals surface area contributed by atoms with E-state index in [1.54, 1.807) is 11.3 Å². The fraction of sp³-hybridized carbons (Fsp3) is 0.0714. The number of rotatable bonds is 2. The Balaban J connectivity index is 2.26. The number of hydrogen-bond acceptors (Lipinski definition) is 2. The van der Waals surface area contributed by atoms with Crippen molar-refractivity contribution in [3.8, 4) is 11.3 Å². The molecule has 0 amide bonds. The molecular formula is C14H10BrNS. The van der Waals surface area contributed by atoms with Crippen molar-refractivity contribution in [1.29, 1.82) is 0 Å². The Morgan fingerprint density at radius 3 is 2.71 bits per heavy atom. The second kappa shape index (κ2) is 4.59. The Hall–Kier alpha value is -1.19. The van der Waals surface area contributed by atoms with Gasteiger partial charge < -0.3 is 0 Å². The minimum absolute atomic E-state index is 0.831. The highest BCUT2D eigenvalue weighted by Gasteiger charge is 2.08. The van der Waals surface area contributed by atoms with Crippen LogP contribution in [-0.4, -0.2) is 4.98 Å². The summed E-state index contributed by atoms with van der Waals surface area (Å²) >= 11 is 5.28. The molecule has 1 aromatic carbocycles. The Morgan fingerprint density at radius 2 is 1.94 bits per heavy atom. The lowest BCUT2D eigenvalue weighted by Crippen LogP contribution is -1.90. The molecule has 0 saturated heterocycles. The van der Waals surface area contributed by atoms with Crippen LogP contribution in [0.1, 0.15) is 5.56 Å². The van der Waals surface area contributed by atoms with Crippen LogP contribution in [0.4, 0.5) is 0 Å². The fourth-order valence-electron chi connectivity index (χ4n) is 1.88. The van der Waals surface area contributed by atoms with Crippen LogP contribution in [0.15, 0.2) is 47.8 Å². The lowest BCUT2D eigenvalue weighted by atomic mass is 10.1. The largest absolute Gasteiger partial charge is 0.247 e. The van der Waals surface area contributed by atoms with Crippen molar-refractivity contribution in [2.45, 2.75) is 5.33 Å². The number of hydrogen-bond donors (Lipinski definition) is 0. The van der Waals surface area contributed by atoms with Crippen molar-refractivity contribution in [1.82, 2.24) is 4.98 Å². The quantitative estimate of drug-likeness (QED) is 0.616. The van der Waals surface area contributed by atoms with E-state index in [4.69, 9.17) is 4.98 Å². The average Bonchev–Trinajstić information content (AvgIpc) is 2.85. The molecule has 3 heteroatoms. The predicted octanol–water partition coefficient (Wildman–Crippen LogP) is 4.86. The highest BCUT2D eigenvalue weighted by Crippen LogP contribution is 2.29. The molecule has 0 radical (unpaired) electrons. The van der Waals surface area contributed by atoms with E-state index >= 15 is 0 Å². The number of benzene rings is 1. The summed E-state index contributed by atoms with van der Waals surface area (Å²) in [6.45, 7) is 0. The third-order valence-electron chi connectivity index (χ3n) is 2.71. The normalized spacial score (nSPS) is 10.9. The van der Waals surface area contributed by atoms with Crippen molar-refractivity contribution in [2.75, 3.05) is 0 Å². The highest BCUT2D eigenvalue weighted by atomic mass is 79.9. The van der Waals surface area contributed by atoms with Crippen LogP contribution in [0.3, 0.4) is 0 Å². The molecule has 0 atom stereocenters. The van der Waals surface area contributed by atoms with Crippen molar-refractivity contribution < 1.29 is 0 Å². The van der Waals surface area contributed by atoms with E-state index in [9.17, 15) is 0 Å². The lowest BCUT2D eigenvalue weighted by Gasteiger charge is -2.06. The number of thiophene rings is 1. The van der Waals surface area contributed by atoms with E-state index in [1.165, 1.54) is 15.8 Å². The van der Waals surface area contributed by atoms with Gasteiger partial charge in [0.1, 0.15) is 0 Å². The van der Waals surface area contributed by atoms with E-state index in [0.717, 1.165) is 16.5 Å². The van der Waals surface area contributed by atoms with Crippen LogP contribution in [0.5, 0.6) is 0 Å². The van der Waals surface area contributed by atoms with E-state index in [1.807, 2.05) is 18.2 Å². The molecule has 0 saturated carbocycles. The minimum atomic E-state index is 0.831. The summed E-state index contributed by atoms with van der Waals surface area (Å²) in [4.78, 5) is 4.76. The summed E-state index contributed by atoms with van der Waals surface area (Å²) in [6.07, 6.45) is 0. The third-order valence-corrected chi connectivity index (χ3v) is 4.16. The number of fused-ring (bicyclic) bond motifs is 1. The Bertz CT molecular complexity index is 646. The highest BCUT2D eigenvalue weighted by molar-refractivity contribution is 9.08. The number of nitrogens with zero attached hydrogens (tertiary/aromatic N) is 1. The molecule has 3 aromatic rings. The zero-order chi connectivity index (χ0) is 11.7. The maximum Gasteiger partial charge on any atom is 0.0817 e. The van der Waals surface area contributed by atoms with Crippen LogP contribution in [-0.2, 0) is 5.33 Å². The van der Waals surface area contributed by atoms with E-state index in [0.29, 0.717) is 0 Å². The second-order valence-electron chi connectivity index (χ2n) is 3.80. The molecule has 0 unspecified atom stereocenters. The summed E-state index contributed by atoms with van der Waals surface area (Å²) in [6, 6.07) is 14.6. The number of pyridine rings is 1. The maximum absolute atomic E-state index is 4.76. The third kappa shape index (κ3) is 2.01. The first-order valence-electron chi connectivity index (χ1n) is 5.37. The van der Waals surface area contributed by atoms with Gasteiger partial charge in [-0.05, 0) is 23.1 Å². The van der Waals surface area contributed by atoms with Gasteiger partial charge in [0, 0.05) is 10.9 Å². The SMILES string of the molecule is BrCc1cc2sccc2nc1-c1ccccc1. The van der Waals surface area contributed by atoms with Crippen LogP contribution in [0.2, 0.25) is 0 Å². The maximum atomic E-state index is 4.76. The summed E-state index contributed by atoms with van der Waals surface area (Å²) < 4.78 is 1.25. The van der Waals surface area contributed by atoms with Gasteiger partial charge in [-0.15, -0.1) is 11.3 Å². The smallest absolute Gasteiger partial charge is 0.0817 e. The number of aromatic nitrogens is 1. The van der Waals surface area contributed by atoms with E-state index < -0.39 is 0 Å². The number of halogens is 1. The predicted molar refractivity (Wildman–Crippen MR) is 77.7 cm³/mol. The summed E-state index contributed by atoms with van der Waals surface area (Å²) in [5.41, 5.74) is 4.58. The minimum Gasteiger partial charge on any atom is -0.247 e. The molecule has 0 aliphatic rings. The lowest BCUT2D eigenvalue weighted by molar-refractivity contribution is 1.32. The molecule has 3 rings (SSSR count). The van der Waals surface area contributed by atoms with Crippen molar-refractivity contribution in [3.05, 3.63) is 53.4 Å². The summed E-state index contributed by atoms with van der Waals surface area (Å²) in [7, 11) is 0. The van der Waals surface area contributed by atoms with Gasteiger partial charge in [0.2, 0.25) is 0 Å². The molecule has 0 N–H and O–H groups in total. The Kier molecular flexibility index (Phi) is 2.95. The fourth-order valence-corrected chi connectivity index (χ4v) is 3.10. The molecular weight excluding hydrogens is 294 g/mol. The molecule has 0 aliphatic heterocycles. The van der Waals surface area contributed by atoms with Gasteiger partial charge in [-0.2, -0.15) is 0 Å². The summed E-state index contributed by atoms with van der Waals surface area (Å²) in [5, 5.41) is 2.92. The van der Waals surface area contributed by atoms with Gasteiger partial charge in [0.05, 0.1) is 15.9 Å². The Morgan fingerprint density at radius 1 is 1.12 bits per heavy atom. The Labute approximate surface area is 112 Å². The van der Waals surface area contributed by atoms with Crippen molar-refractivity contribution in [2.24, 2.45) is 0 Å². The van der Waals surface area contributed by atoms with E-state index in [-0.39, 0.29) is 0 Å². The first-order valence-corrected chi connectivity index (χ1v) is 7.37. The topological polar surface area (TPSA) is 12.9 Å². The zero-order valence-electron chi connectivity index (χ0n) is 9.06. The molecule has 0 bridgehead atoms. The van der Waals surface area contributed by atoms with Crippen LogP contribution < -0.4 is 0 Å². The molecule has 0 fully saturated rings. The average molecular weight is 304 g/mol. The van der Waals surface area contributed by atoms with Gasteiger partial charge >= 0.3 is 0 Å². The standard InChI is InChI=1S/C14H10BrNS/c15-9-11-8-13-12(6-7-17-13)16-14(11)10-4-2-1-3-5-10/h1-8H,9H2. The van der Waals surface area contributed by atoms with Gasteiger partial charge in [0.25, 0.3) is 0 Å². The molecule has 84 valence electrons. The molecule has 17 heavy (non-hydrogen) atoms. The van der Waals surface area contributed by atoms with Crippen LogP contribution in [0, 0.1) is 0 Å². The molecule has 1 nitrogen and oxygen atoms in total. The molecule has 0 spiro atoms. The van der Waals surface area contributed by atoms with Gasteiger partial charge in [-0.3, -0.25) is 0 Å². The first kappa shape index (κ1) is 10.9. The summed E-state index contributed by atoms with van der Waals surface area (Å²) in [5.74, 6) is 0. The van der Waals surface area contributed by atoms with Crippen LogP contribution in [0.25, 0.3) is 21.5 Å². The number of alkyl halides is 1. The van der Waals surface area contributed by atoms with Gasteiger partial charge in [0.15, 0.2) is 0 Å². The molecule has 2 heterocycles. The van der Waals surface area contributed by atoms with Crippen LogP contribution >= 0.6 is 27.3 Å². The zero-order valence-corrected chi connectivity index (χ0v) is 11.5. The second-order valence-corrected chi connectivity index (χ2v) is 5.31. The van der Waals surface area contributed by atoms with Gasteiger partial charge in [-0.1, -0.05) is 46.3 Å².